The number of hydrogen-bond donors (Lipinski definition) is 2. The third-order valence-electron chi connectivity index (χ3n) is 4.34. The van der Waals surface area contributed by atoms with Crippen molar-refractivity contribution in [2.75, 3.05) is 0 Å². The summed E-state index contributed by atoms with van der Waals surface area (Å²) in [7, 11) is 0. The van der Waals surface area contributed by atoms with E-state index in [9.17, 15) is 9.59 Å². The van der Waals surface area contributed by atoms with Crippen LogP contribution in [0.2, 0.25) is 0 Å². The summed E-state index contributed by atoms with van der Waals surface area (Å²) in [4.78, 5) is 25.0. The molecule has 0 aromatic heterocycles. The molecule has 0 bridgehead atoms. The Bertz CT molecular complexity index is 755. The van der Waals surface area contributed by atoms with E-state index in [1.54, 1.807) is 24.3 Å². The van der Waals surface area contributed by atoms with Gasteiger partial charge in [0, 0.05) is 12.1 Å². The normalized spacial score (nSPS) is 12.1. The fraction of sp³-hybridized carbons (Fsp3) is 0.391. The summed E-state index contributed by atoms with van der Waals surface area (Å²) < 4.78 is 5.59. The topological polar surface area (TPSA) is 67.4 Å². The summed E-state index contributed by atoms with van der Waals surface area (Å²) in [6, 6.07) is 16.3. The monoisotopic (exact) mass is 382 g/mol. The average Bonchev–Trinajstić information content (AvgIpc) is 2.69. The number of rotatable bonds is 9. The number of amides is 2. The maximum absolute atomic E-state index is 12.6. The molecule has 0 fully saturated rings. The standard InChI is InChI=1S/C23H30N2O3/c1-16(2)21(25-22(26)20-8-6-5-7-9-20)23(27)24-14-18-10-12-19(13-11-18)15-28-17(3)4/h5-13,16-17,21H,14-15H2,1-4H3,(H,24,27)(H,25,26). The SMILES string of the molecule is CC(C)OCc1ccc(CNC(=O)C(NC(=O)c2ccccc2)C(C)C)cc1. The van der Waals surface area contributed by atoms with Crippen LogP contribution in [0.5, 0.6) is 0 Å². The molecular formula is C23H30N2O3. The Morgan fingerprint density at radius 3 is 2.07 bits per heavy atom. The van der Waals surface area contributed by atoms with Crippen molar-refractivity contribution in [1.29, 1.82) is 0 Å². The first kappa shape index (κ1) is 21.6. The van der Waals surface area contributed by atoms with Gasteiger partial charge in [-0.05, 0) is 43.0 Å². The van der Waals surface area contributed by atoms with E-state index in [2.05, 4.69) is 10.6 Å². The lowest BCUT2D eigenvalue weighted by Gasteiger charge is -2.22. The lowest BCUT2D eigenvalue weighted by Crippen LogP contribution is -2.49. The summed E-state index contributed by atoms with van der Waals surface area (Å²) in [5.41, 5.74) is 2.64. The molecule has 2 N–H and O–H groups in total. The Labute approximate surface area is 167 Å². The van der Waals surface area contributed by atoms with Gasteiger partial charge in [-0.1, -0.05) is 56.3 Å². The van der Waals surface area contributed by atoms with Crippen LogP contribution in [0.4, 0.5) is 0 Å². The van der Waals surface area contributed by atoms with Crippen LogP contribution in [0.1, 0.15) is 49.2 Å². The van der Waals surface area contributed by atoms with Gasteiger partial charge in [0.05, 0.1) is 12.7 Å². The van der Waals surface area contributed by atoms with E-state index in [1.165, 1.54) is 0 Å². The molecule has 150 valence electrons. The number of hydrogen-bond acceptors (Lipinski definition) is 3. The van der Waals surface area contributed by atoms with E-state index in [0.29, 0.717) is 18.7 Å². The van der Waals surface area contributed by atoms with Crippen molar-refractivity contribution in [2.45, 2.75) is 53.0 Å². The molecule has 0 aliphatic heterocycles. The molecule has 0 radical (unpaired) electrons. The first-order valence-electron chi connectivity index (χ1n) is 9.70. The van der Waals surface area contributed by atoms with Crippen LogP contribution in [0, 0.1) is 5.92 Å². The summed E-state index contributed by atoms with van der Waals surface area (Å²) in [6.07, 6.45) is 0.193. The van der Waals surface area contributed by atoms with Gasteiger partial charge in [0.1, 0.15) is 6.04 Å². The molecule has 0 saturated heterocycles. The lowest BCUT2D eigenvalue weighted by atomic mass is 10.0. The molecule has 5 heteroatoms. The third kappa shape index (κ3) is 6.82. The second kappa shape index (κ2) is 10.6. The maximum Gasteiger partial charge on any atom is 0.251 e. The number of benzene rings is 2. The molecule has 0 heterocycles. The van der Waals surface area contributed by atoms with Crippen molar-refractivity contribution in [3.63, 3.8) is 0 Å². The second-order valence-corrected chi connectivity index (χ2v) is 7.46. The van der Waals surface area contributed by atoms with Crippen LogP contribution >= 0.6 is 0 Å². The molecule has 0 aliphatic carbocycles. The molecule has 1 atom stereocenters. The van der Waals surface area contributed by atoms with Gasteiger partial charge in [0.25, 0.3) is 5.91 Å². The fourth-order valence-corrected chi connectivity index (χ4v) is 2.66. The van der Waals surface area contributed by atoms with Crippen molar-refractivity contribution < 1.29 is 14.3 Å². The Balaban J connectivity index is 1.90. The summed E-state index contributed by atoms with van der Waals surface area (Å²) >= 11 is 0. The molecular weight excluding hydrogens is 352 g/mol. The van der Waals surface area contributed by atoms with E-state index >= 15 is 0 Å². The molecule has 0 saturated carbocycles. The molecule has 2 aromatic carbocycles. The van der Waals surface area contributed by atoms with Gasteiger partial charge in [-0.2, -0.15) is 0 Å². The van der Waals surface area contributed by atoms with Gasteiger partial charge in [0.15, 0.2) is 0 Å². The van der Waals surface area contributed by atoms with Crippen LogP contribution in [0.3, 0.4) is 0 Å². The van der Waals surface area contributed by atoms with Crippen molar-refractivity contribution in [2.24, 2.45) is 5.92 Å². The number of nitrogens with one attached hydrogen (secondary N) is 2. The Morgan fingerprint density at radius 1 is 0.893 bits per heavy atom. The predicted molar refractivity (Wildman–Crippen MR) is 111 cm³/mol. The molecule has 28 heavy (non-hydrogen) atoms. The Kier molecular flexibility index (Phi) is 8.20. The maximum atomic E-state index is 12.6. The van der Waals surface area contributed by atoms with Crippen LogP contribution in [0.25, 0.3) is 0 Å². The summed E-state index contributed by atoms with van der Waals surface area (Å²) in [5, 5.41) is 5.76. The van der Waals surface area contributed by atoms with E-state index in [0.717, 1.165) is 11.1 Å². The molecule has 0 aliphatic rings. The fourth-order valence-electron chi connectivity index (χ4n) is 2.66. The largest absolute Gasteiger partial charge is 0.374 e. The van der Waals surface area contributed by atoms with E-state index in [1.807, 2.05) is 58.0 Å². The minimum atomic E-state index is -0.591. The molecule has 2 rings (SSSR count). The molecule has 5 nitrogen and oxygen atoms in total. The van der Waals surface area contributed by atoms with Crippen molar-refractivity contribution >= 4 is 11.8 Å². The van der Waals surface area contributed by atoms with Crippen LogP contribution in [-0.2, 0) is 22.7 Å². The van der Waals surface area contributed by atoms with Gasteiger partial charge >= 0.3 is 0 Å². The van der Waals surface area contributed by atoms with E-state index in [4.69, 9.17) is 4.74 Å². The second-order valence-electron chi connectivity index (χ2n) is 7.46. The lowest BCUT2D eigenvalue weighted by molar-refractivity contribution is -0.124. The number of carbonyl (C=O) groups excluding carboxylic acids is 2. The number of carbonyl (C=O) groups is 2. The van der Waals surface area contributed by atoms with Crippen LogP contribution < -0.4 is 10.6 Å². The minimum absolute atomic E-state index is 0.0248. The first-order chi connectivity index (χ1) is 13.4. The van der Waals surface area contributed by atoms with Crippen molar-refractivity contribution in [3.8, 4) is 0 Å². The molecule has 0 spiro atoms. The van der Waals surface area contributed by atoms with Gasteiger partial charge in [0.2, 0.25) is 5.91 Å². The molecule has 2 aromatic rings. The van der Waals surface area contributed by atoms with Gasteiger partial charge in [-0.15, -0.1) is 0 Å². The number of ether oxygens (including phenoxy) is 1. The molecule has 2 amide bonds. The van der Waals surface area contributed by atoms with Crippen molar-refractivity contribution in [3.05, 3.63) is 71.3 Å². The van der Waals surface area contributed by atoms with Crippen LogP contribution in [-0.4, -0.2) is 24.0 Å². The van der Waals surface area contributed by atoms with Gasteiger partial charge < -0.3 is 15.4 Å². The van der Waals surface area contributed by atoms with Gasteiger partial charge in [-0.3, -0.25) is 9.59 Å². The first-order valence-corrected chi connectivity index (χ1v) is 9.70. The highest BCUT2D eigenvalue weighted by atomic mass is 16.5. The zero-order chi connectivity index (χ0) is 20.5. The summed E-state index contributed by atoms with van der Waals surface area (Å²) in [5.74, 6) is -0.460. The van der Waals surface area contributed by atoms with E-state index in [-0.39, 0.29) is 23.8 Å². The smallest absolute Gasteiger partial charge is 0.251 e. The zero-order valence-electron chi connectivity index (χ0n) is 17.1. The molecule has 1 unspecified atom stereocenters. The average molecular weight is 383 g/mol. The van der Waals surface area contributed by atoms with Crippen LogP contribution in [0.15, 0.2) is 54.6 Å². The minimum Gasteiger partial charge on any atom is -0.374 e. The predicted octanol–water partition coefficient (Wildman–Crippen LogP) is 3.68. The Morgan fingerprint density at radius 2 is 1.50 bits per heavy atom. The van der Waals surface area contributed by atoms with Gasteiger partial charge in [-0.25, -0.2) is 0 Å². The Hall–Kier alpha value is -2.66. The highest BCUT2D eigenvalue weighted by Gasteiger charge is 2.24. The zero-order valence-corrected chi connectivity index (χ0v) is 17.1. The van der Waals surface area contributed by atoms with E-state index < -0.39 is 6.04 Å². The summed E-state index contributed by atoms with van der Waals surface area (Å²) in [6.45, 7) is 8.83. The highest BCUT2D eigenvalue weighted by Crippen LogP contribution is 2.09. The third-order valence-corrected chi connectivity index (χ3v) is 4.34. The quantitative estimate of drug-likeness (QED) is 0.695. The van der Waals surface area contributed by atoms with Crippen molar-refractivity contribution in [1.82, 2.24) is 10.6 Å². The highest BCUT2D eigenvalue weighted by molar-refractivity contribution is 5.97.